The molecule has 186 valence electrons. The van der Waals surface area contributed by atoms with E-state index in [0.29, 0.717) is 35.6 Å². The minimum Gasteiger partial charge on any atom is -0.478 e. The molecule has 5 rings (SSSR count). The summed E-state index contributed by atoms with van der Waals surface area (Å²) in [6.45, 7) is 4.56. The van der Waals surface area contributed by atoms with Gasteiger partial charge in [0.1, 0.15) is 0 Å². The van der Waals surface area contributed by atoms with Crippen molar-refractivity contribution in [1.82, 2.24) is 4.90 Å². The minimum atomic E-state index is -1.06. The first-order valence-corrected chi connectivity index (χ1v) is 12.0. The summed E-state index contributed by atoms with van der Waals surface area (Å²) in [6, 6.07) is 23.4. The summed E-state index contributed by atoms with van der Waals surface area (Å²) in [5, 5.41) is 14.8. The van der Waals surface area contributed by atoms with Crippen LogP contribution in [0.5, 0.6) is 0 Å². The number of hydrogen-bond acceptors (Lipinski definition) is 5. The lowest BCUT2D eigenvalue weighted by molar-refractivity contribution is -0.114. The van der Waals surface area contributed by atoms with E-state index in [4.69, 9.17) is 0 Å². The maximum absolute atomic E-state index is 13.1. The molecule has 1 N–H and O–H groups in total. The van der Waals surface area contributed by atoms with Gasteiger partial charge in [-0.1, -0.05) is 36.4 Å². The topological polar surface area (TPSA) is 93.5 Å². The summed E-state index contributed by atoms with van der Waals surface area (Å²) in [6.07, 6.45) is 1.79. The highest BCUT2D eigenvalue weighted by Gasteiger charge is 2.29. The summed E-state index contributed by atoms with van der Waals surface area (Å²) in [5.74, 6) is -1.30. The highest BCUT2D eigenvalue weighted by Crippen LogP contribution is 2.26. The Bertz CT molecular complexity index is 1410. The number of rotatable bonds is 5. The number of nitrogens with zero attached hydrogens (tertiary/aromatic N) is 4. The summed E-state index contributed by atoms with van der Waals surface area (Å²) >= 11 is 0. The molecular formula is C29H26N4O4. The van der Waals surface area contributed by atoms with Crippen LogP contribution in [0, 0.1) is 0 Å². The van der Waals surface area contributed by atoms with Gasteiger partial charge < -0.3 is 14.9 Å². The second-order valence-corrected chi connectivity index (χ2v) is 8.95. The normalized spacial score (nSPS) is 16.8. The van der Waals surface area contributed by atoms with Crippen LogP contribution in [-0.4, -0.2) is 59.7 Å². The van der Waals surface area contributed by atoms with Crippen LogP contribution in [0.3, 0.4) is 0 Å². The van der Waals surface area contributed by atoms with Gasteiger partial charge in [-0.15, -0.1) is 0 Å². The summed E-state index contributed by atoms with van der Waals surface area (Å²) < 4.78 is 0. The molecule has 37 heavy (non-hydrogen) atoms. The zero-order valence-electron chi connectivity index (χ0n) is 20.4. The molecule has 0 aromatic heterocycles. The van der Waals surface area contributed by atoms with Crippen molar-refractivity contribution in [3.63, 3.8) is 0 Å². The van der Waals surface area contributed by atoms with Crippen molar-refractivity contribution < 1.29 is 19.5 Å². The third-order valence-corrected chi connectivity index (χ3v) is 6.56. The van der Waals surface area contributed by atoms with Crippen molar-refractivity contribution in [2.75, 3.05) is 36.1 Å². The molecule has 8 heteroatoms. The van der Waals surface area contributed by atoms with Gasteiger partial charge in [0.05, 0.1) is 22.5 Å². The van der Waals surface area contributed by atoms with Gasteiger partial charge in [0.25, 0.3) is 11.8 Å². The Morgan fingerprint density at radius 2 is 1.51 bits per heavy atom. The SMILES string of the molecule is CC1=NN(c2cccc(C(=O)O)c2)C(=O)/C1=C\c1ccc(N2CCN(C(=O)c3ccccc3)CC2)cc1. The number of carboxylic acid groups (broad SMARTS) is 1. The average Bonchev–Trinajstić information content (AvgIpc) is 3.22. The van der Waals surface area contributed by atoms with Gasteiger partial charge in [0, 0.05) is 37.4 Å². The summed E-state index contributed by atoms with van der Waals surface area (Å²) in [7, 11) is 0. The van der Waals surface area contributed by atoms with Crippen molar-refractivity contribution in [2.24, 2.45) is 5.10 Å². The molecule has 1 saturated heterocycles. The molecule has 0 bridgehead atoms. The van der Waals surface area contributed by atoms with Gasteiger partial charge in [0.15, 0.2) is 0 Å². The molecule has 3 aromatic carbocycles. The number of aromatic carboxylic acids is 1. The van der Waals surface area contributed by atoms with Crippen LogP contribution in [0.1, 0.15) is 33.2 Å². The lowest BCUT2D eigenvalue weighted by atomic mass is 10.1. The van der Waals surface area contributed by atoms with Gasteiger partial charge >= 0.3 is 5.97 Å². The van der Waals surface area contributed by atoms with Crippen molar-refractivity contribution in [3.05, 3.63) is 101 Å². The van der Waals surface area contributed by atoms with Gasteiger partial charge in [-0.3, -0.25) is 9.59 Å². The quantitative estimate of drug-likeness (QED) is 0.538. The smallest absolute Gasteiger partial charge is 0.335 e. The average molecular weight is 495 g/mol. The number of hydrazone groups is 1. The highest BCUT2D eigenvalue weighted by atomic mass is 16.4. The Balaban J connectivity index is 1.24. The number of benzene rings is 3. The van der Waals surface area contributed by atoms with Crippen LogP contribution >= 0.6 is 0 Å². The Labute approximate surface area is 214 Å². The van der Waals surface area contributed by atoms with Crippen molar-refractivity contribution >= 4 is 40.9 Å². The molecule has 0 atom stereocenters. The molecule has 0 unspecified atom stereocenters. The number of anilines is 2. The first-order chi connectivity index (χ1) is 17.9. The van der Waals surface area contributed by atoms with E-state index in [1.165, 1.54) is 17.1 Å². The third kappa shape index (κ3) is 4.99. The van der Waals surface area contributed by atoms with Gasteiger partial charge in [-0.2, -0.15) is 10.1 Å². The second-order valence-electron chi connectivity index (χ2n) is 8.95. The molecule has 0 aliphatic carbocycles. The van der Waals surface area contributed by atoms with Crippen LogP contribution in [0.2, 0.25) is 0 Å². The number of hydrogen-bond donors (Lipinski definition) is 1. The van der Waals surface area contributed by atoms with Crippen LogP contribution in [-0.2, 0) is 4.79 Å². The number of carbonyl (C=O) groups is 3. The fraction of sp³-hybridized carbons (Fsp3) is 0.172. The highest BCUT2D eigenvalue weighted by molar-refractivity contribution is 6.32. The molecule has 0 radical (unpaired) electrons. The Morgan fingerprint density at radius 3 is 2.19 bits per heavy atom. The van der Waals surface area contributed by atoms with E-state index in [1.807, 2.05) is 59.5 Å². The standard InChI is InChI=1S/C29H26N4O4/c1-20-26(28(35)33(30-20)25-9-5-8-23(19-25)29(36)37)18-21-10-12-24(13-11-21)31-14-16-32(17-15-31)27(34)22-6-3-2-4-7-22/h2-13,18-19H,14-17H2,1H3,(H,36,37)/b26-18-. The number of piperazine rings is 1. The largest absolute Gasteiger partial charge is 0.478 e. The van der Waals surface area contributed by atoms with E-state index < -0.39 is 5.97 Å². The maximum atomic E-state index is 13.1. The van der Waals surface area contributed by atoms with Crippen LogP contribution in [0.25, 0.3) is 6.08 Å². The number of carbonyl (C=O) groups excluding carboxylic acids is 2. The molecule has 2 heterocycles. The van der Waals surface area contributed by atoms with E-state index in [2.05, 4.69) is 10.0 Å². The molecule has 2 aliphatic heterocycles. The summed E-state index contributed by atoms with van der Waals surface area (Å²) in [4.78, 5) is 41.2. The monoisotopic (exact) mass is 494 g/mol. The fourth-order valence-electron chi connectivity index (χ4n) is 4.51. The van der Waals surface area contributed by atoms with Gasteiger partial charge in [0.2, 0.25) is 0 Å². The van der Waals surface area contributed by atoms with Crippen LogP contribution < -0.4 is 9.91 Å². The maximum Gasteiger partial charge on any atom is 0.335 e. The first-order valence-electron chi connectivity index (χ1n) is 12.0. The Hall–Kier alpha value is -4.72. The molecule has 8 nitrogen and oxygen atoms in total. The molecule has 3 aromatic rings. The third-order valence-electron chi connectivity index (χ3n) is 6.56. The molecule has 1 fully saturated rings. The first kappa shape index (κ1) is 24.0. The molecular weight excluding hydrogens is 468 g/mol. The zero-order chi connectivity index (χ0) is 25.9. The number of amides is 2. The molecule has 0 saturated carbocycles. The predicted octanol–water partition coefficient (Wildman–Crippen LogP) is 4.15. The summed E-state index contributed by atoms with van der Waals surface area (Å²) in [5.41, 5.74) is 4.16. The minimum absolute atomic E-state index is 0.0595. The molecule has 0 spiro atoms. The zero-order valence-corrected chi connectivity index (χ0v) is 20.4. The van der Waals surface area contributed by atoms with Crippen molar-refractivity contribution in [1.29, 1.82) is 0 Å². The predicted molar refractivity (Wildman–Crippen MR) is 143 cm³/mol. The molecule has 2 amide bonds. The fourth-order valence-corrected chi connectivity index (χ4v) is 4.51. The Morgan fingerprint density at radius 1 is 0.838 bits per heavy atom. The van der Waals surface area contributed by atoms with E-state index in [0.717, 1.165) is 24.3 Å². The van der Waals surface area contributed by atoms with E-state index in [1.54, 1.807) is 25.1 Å². The van der Waals surface area contributed by atoms with Crippen molar-refractivity contribution in [3.8, 4) is 0 Å². The van der Waals surface area contributed by atoms with Gasteiger partial charge in [-0.05, 0) is 61.0 Å². The van der Waals surface area contributed by atoms with Gasteiger partial charge in [-0.25, -0.2) is 4.79 Å². The lowest BCUT2D eigenvalue weighted by Crippen LogP contribution is -2.48. The Kier molecular flexibility index (Phi) is 6.55. The molecule has 2 aliphatic rings. The second kappa shape index (κ2) is 10.1. The van der Waals surface area contributed by atoms with E-state index >= 15 is 0 Å². The van der Waals surface area contributed by atoms with E-state index in [9.17, 15) is 19.5 Å². The number of carboxylic acids is 1. The van der Waals surface area contributed by atoms with E-state index in [-0.39, 0.29) is 17.4 Å². The van der Waals surface area contributed by atoms with Crippen LogP contribution in [0.4, 0.5) is 11.4 Å². The van der Waals surface area contributed by atoms with Crippen LogP contribution in [0.15, 0.2) is 89.5 Å². The van der Waals surface area contributed by atoms with Crippen molar-refractivity contribution in [2.45, 2.75) is 6.92 Å². The lowest BCUT2D eigenvalue weighted by Gasteiger charge is -2.36.